The summed E-state index contributed by atoms with van der Waals surface area (Å²) in [6.07, 6.45) is 15.0. The van der Waals surface area contributed by atoms with Crippen molar-refractivity contribution in [3.63, 3.8) is 0 Å². The molecule has 0 aliphatic carbocycles. The summed E-state index contributed by atoms with van der Waals surface area (Å²) in [5, 5.41) is 30.1. The van der Waals surface area contributed by atoms with Gasteiger partial charge in [-0.2, -0.15) is 0 Å². The van der Waals surface area contributed by atoms with Crippen molar-refractivity contribution in [3.05, 3.63) is 0 Å². The average Bonchev–Trinajstić information content (AvgIpc) is 2.61. The van der Waals surface area contributed by atoms with Crippen molar-refractivity contribution < 1.29 is 24.9 Å². The monoisotopic (exact) mass is 387 g/mol. The first kappa shape index (κ1) is 25.9. The second kappa shape index (κ2) is 18.2. The van der Waals surface area contributed by atoms with Gasteiger partial charge in [0.1, 0.15) is 6.61 Å². The Morgan fingerprint density at radius 1 is 0.852 bits per heavy atom. The van der Waals surface area contributed by atoms with E-state index in [2.05, 4.69) is 12.2 Å². The molecule has 0 saturated heterocycles. The van der Waals surface area contributed by atoms with Crippen LogP contribution in [0, 0.1) is 0 Å². The Morgan fingerprint density at radius 2 is 1.33 bits per heavy atom. The molecule has 27 heavy (non-hydrogen) atoms. The molecule has 0 saturated carbocycles. The van der Waals surface area contributed by atoms with Crippen LogP contribution in [0.5, 0.6) is 0 Å². The highest BCUT2D eigenvalue weighted by Gasteiger charge is 2.19. The maximum absolute atomic E-state index is 11.2. The lowest BCUT2D eigenvalue weighted by Crippen LogP contribution is -2.40. The quantitative estimate of drug-likeness (QED) is 0.252. The molecule has 0 heterocycles. The highest BCUT2D eigenvalue weighted by molar-refractivity contribution is 5.78. The molecule has 1 amide bonds. The molecular weight excluding hydrogens is 346 g/mol. The number of hydrogen-bond donors (Lipinski definition) is 4. The summed E-state index contributed by atoms with van der Waals surface area (Å²) in [5.41, 5.74) is 0. The van der Waals surface area contributed by atoms with Gasteiger partial charge in [0.15, 0.2) is 0 Å². The minimum Gasteiger partial charge on any atom is -0.481 e. The summed E-state index contributed by atoms with van der Waals surface area (Å²) >= 11 is 0. The second-order valence-corrected chi connectivity index (χ2v) is 7.59. The predicted molar refractivity (Wildman–Crippen MR) is 108 cm³/mol. The van der Waals surface area contributed by atoms with Crippen molar-refractivity contribution in [2.75, 3.05) is 6.61 Å². The first-order valence-corrected chi connectivity index (χ1v) is 10.8. The second-order valence-electron chi connectivity index (χ2n) is 7.59. The topological polar surface area (TPSA) is 107 Å². The normalized spacial score (nSPS) is 13.3. The van der Waals surface area contributed by atoms with E-state index in [-0.39, 0.29) is 12.8 Å². The summed E-state index contributed by atoms with van der Waals surface area (Å²) in [6, 6.07) is -0.644. The molecule has 2 atom stereocenters. The summed E-state index contributed by atoms with van der Waals surface area (Å²) in [5.74, 6) is -1.64. The van der Waals surface area contributed by atoms with E-state index in [0.29, 0.717) is 6.42 Å². The van der Waals surface area contributed by atoms with Crippen molar-refractivity contribution in [2.24, 2.45) is 0 Å². The van der Waals surface area contributed by atoms with Crippen molar-refractivity contribution in [2.45, 2.75) is 115 Å². The van der Waals surface area contributed by atoms with E-state index in [1.807, 2.05) is 0 Å². The van der Waals surface area contributed by atoms with E-state index >= 15 is 0 Å². The van der Waals surface area contributed by atoms with Crippen LogP contribution in [0.15, 0.2) is 0 Å². The fraction of sp³-hybridized carbons (Fsp3) is 0.905. The van der Waals surface area contributed by atoms with Crippen LogP contribution in [0.2, 0.25) is 0 Å². The minimum atomic E-state index is -1.03. The van der Waals surface area contributed by atoms with Gasteiger partial charge in [0.05, 0.1) is 12.5 Å². The van der Waals surface area contributed by atoms with E-state index in [0.717, 1.165) is 12.8 Å². The van der Waals surface area contributed by atoms with E-state index in [1.165, 1.54) is 64.2 Å². The number of unbranched alkanes of at least 4 members (excludes halogenated alkanes) is 11. The zero-order valence-electron chi connectivity index (χ0n) is 17.1. The molecule has 0 aromatic rings. The van der Waals surface area contributed by atoms with Crippen LogP contribution < -0.4 is 5.32 Å². The lowest BCUT2D eigenvalue weighted by atomic mass is 10.00. The lowest BCUT2D eigenvalue weighted by Gasteiger charge is -2.20. The number of carboxylic acid groups (broad SMARTS) is 1. The van der Waals surface area contributed by atoms with Gasteiger partial charge in [-0.05, 0) is 12.8 Å². The molecule has 0 aromatic heterocycles. The van der Waals surface area contributed by atoms with Crippen LogP contribution in [-0.2, 0) is 9.59 Å². The van der Waals surface area contributed by atoms with Gasteiger partial charge >= 0.3 is 5.97 Å². The van der Waals surface area contributed by atoms with Gasteiger partial charge in [-0.25, -0.2) is 0 Å². The largest absolute Gasteiger partial charge is 0.481 e. The van der Waals surface area contributed by atoms with Gasteiger partial charge in [0.25, 0.3) is 0 Å². The van der Waals surface area contributed by atoms with Crippen molar-refractivity contribution in [3.8, 4) is 0 Å². The van der Waals surface area contributed by atoms with Gasteiger partial charge in [-0.1, -0.05) is 84.0 Å². The van der Waals surface area contributed by atoms with E-state index in [4.69, 9.17) is 10.2 Å². The molecule has 0 fully saturated rings. The zero-order chi connectivity index (χ0) is 20.3. The standard InChI is InChI=1S/C21H41NO5/c1-2-3-4-5-6-7-8-9-10-11-12-13-14-19(24)15-18(16-21(26)27)22-20(25)17-23/h18-19,23-24H,2-17H2,1H3,(H,22,25)(H,26,27). The summed E-state index contributed by atoms with van der Waals surface area (Å²) in [7, 11) is 0. The van der Waals surface area contributed by atoms with E-state index in [1.54, 1.807) is 0 Å². The number of carboxylic acids is 1. The van der Waals surface area contributed by atoms with E-state index < -0.39 is 30.6 Å². The number of amides is 1. The molecule has 0 radical (unpaired) electrons. The predicted octanol–water partition coefficient (Wildman–Crippen LogP) is 3.78. The molecule has 0 aromatic carbocycles. The highest BCUT2D eigenvalue weighted by atomic mass is 16.4. The number of nitrogens with one attached hydrogen (secondary N) is 1. The number of aliphatic hydroxyl groups is 2. The first-order valence-electron chi connectivity index (χ1n) is 10.8. The van der Waals surface area contributed by atoms with Crippen LogP contribution >= 0.6 is 0 Å². The molecule has 0 spiro atoms. The fourth-order valence-corrected chi connectivity index (χ4v) is 3.34. The number of carbonyl (C=O) groups is 2. The van der Waals surface area contributed by atoms with Gasteiger partial charge < -0.3 is 20.6 Å². The molecule has 2 unspecified atom stereocenters. The average molecular weight is 388 g/mol. The van der Waals surface area contributed by atoms with Gasteiger partial charge in [-0.3, -0.25) is 9.59 Å². The Bertz CT molecular complexity index is 376. The third kappa shape index (κ3) is 18.0. The van der Waals surface area contributed by atoms with Crippen LogP contribution in [0.3, 0.4) is 0 Å². The maximum atomic E-state index is 11.2. The smallest absolute Gasteiger partial charge is 0.305 e. The fourth-order valence-electron chi connectivity index (χ4n) is 3.34. The number of aliphatic carboxylic acids is 1. The van der Waals surface area contributed by atoms with Crippen LogP contribution in [0.25, 0.3) is 0 Å². The number of carbonyl (C=O) groups excluding carboxylic acids is 1. The minimum absolute atomic E-state index is 0.204. The molecule has 6 nitrogen and oxygen atoms in total. The molecule has 0 aliphatic heterocycles. The van der Waals surface area contributed by atoms with Gasteiger partial charge in [0, 0.05) is 6.04 Å². The summed E-state index contributed by atoms with van der Waals surface area (Å²) in [4.78, 5) is 22.1. The molecule has 0 bridgehead atoms. The Hall–Kier alpha value is -1.14. The Morgan fingerprint density at radius 3 is 1.78 bits per heavy atom. The van der Waals surface area contributed by atoms with Crippen molar-refractivity contribution in [1.82, 2.24) is 5.32 Å². The third-order valence-electron chi connectivity index (χ3n) is 4.88. The van der Waals surface area contributed by atoms with E-state index in [9.17, 15) is 14.7 Å². The zero-order valence-corrected chi connectivity index (χ0v) is 17.1. The highest BCUT2D eigenvalue weighted by Crippen LogP contribution is 2.14. The van der Waals surface area contributed by atoms with Crippen molar-refractivity contribution in [1.29, 1.82) is 0 Å². The molecule has 0 rings (SSSR count). The molecule has 6 heteroatoms. The molecule has 4 N–H and O–H groups in total. The Kier molecular flexibility index (Phi) is 17.5. The number of hydrogen-bond acceptors (Lipinski definition) is 4. The Balaban J connectivity index is 3.64. The SMILES string of the molecule is CCCCCCCCCCCCCCC(O)CC(CC(=O)O)NC(=O)CO. The lowest BCUT2D eigenvalue weighted by molar-refractivity contribution is -0.138. The van der Waals surface area contributed by atoms with Crippen molar-refractivity contribution >= 4 is 11.9 Å². The van der Waals surface area contributed by atoms with Crippen LogP contribution in [0.4, 0.5) is 0 Å². The summed E-state index contributed by atoms with van der Waals surface area (Å²) < 4.78 is 0. The molecular formula is C21H41NO5. The molecule has 0 aliphatic rings. The molecule has 160 valence electrons. The van der Waals surface area contributed by atoms with Gasteiger partial charge in [0.2, 0.25) is 5.91 Å². The summed E-state index contributed by atoms with van der Waals surface area (Å²) in [6.45, 7) is 1.56. The third-order valence-corrected chi connectivity index (χ3v) is 4.88. The Labute approximate surface area is 164 Å². The maximum Gasteiger partial charge on any atom is 0.305 e. The van der Waals surface area contributed by atoms with Gasteiger partial charge in [-0.15, -0.1) is 0 Å². The number of aliphatic hydroxyl groups excluding tert-OH is 2. The van der Waals surface area contributed by atoms with Crippen LogP contribution in [-0.4, -0.2) is 45.9 Å². The van der Waals surface area contributed by atoms with Crippen LogP contribution in [0.1, 0.15) is 103 Å². The number of rotatable bonds is 19. The first-order chi connectivity index (χ1) is 13.0.